The normalized spacial score (nSPS) is 10.0. The van der Waals surface area contributed by atoms with Crippen LogP contribution in [0.3, 0.4) is 0 Å². The van der Waals surface area contributed by atoms with Gasteiger partial charge in [-0.25, -0.2) is 0 Å². The van der Waals surface area contributed by atoms with Crippen LogP contribution in [-0.2, 0) is 0 Å². The van der Waals surface area contributed by atoms with Crippen LogP contribution in [0.1, 0.15) is 10.4 Å². The molecule has 0 aromatic heterocycles. The van der Waals surface area contributed by atoms with Crippen LogP contribution in [0.15, 0.2) is 41.3 Å². The largest absolute Gasteiger partial charge is 0.495 e. The van der Waals surface area contributed by atoms with E-state index in [1.165, 1.54) is 24.9 Å². The van der Waals surface area contributed by atoms with E-state index in [9.17, 15) is 4.79 Å². The maximum absolute atomic E-state index is 12.4. The fourth-order valence-electron chi connectivity index (χ4n) is 1.83. The van der Waals surface area contributed by atoms with Crippen LogP contribution in [-0.4, -0.2) is 18.8 Å². The number of carbonyl (C=O) groups is 1. The number of rotatable bonds is 5. The first kappa shape index (κ1) is 17.5. The number of carbonyl (C=O) groups excluding carboxylic acids is 1. The molecule has 118 valence electrons. The van der Waals surface area contributed by atoms with Crippen LogP contribution < -0.4 is 10.1 Å². The molecule has 4 nitrogen and oxygen atoms in total. The van der Waals surface area contributed by atoms with Crippen LogP contribution in [0.5, 0.6) is 5.75 Å². The molecule has 23 heavy (non-hydrogen) atoms. The quantitative estimate of drug-likeness (QED) is 0.766. The van der Waals surface area contributed by atoms with Gasteiger partial charge in [-0.1, -0.05) is 29.3 Å². The summed E-state index contributed by atoms with van der Waals surface area (Å²) in [5.74, 6) is 0.440. The van der Waals surface area contributed by atoms with E-state index >= 15 is 0 Å². The summed E-state index contributed by atoms with van der Waals surface area (Å²) in [5.41, 5.74) is 0.906. The zero-order valence-corrected chi connectivity index (χ0v) is 14.4. The fraction of sp³-hybridized carbons (Fsp3) is 0.125. The summed E-state index contributed by atoms with van der Waals surface area (Å²) < 4.78 is 5.20. The number of thioether (sulfide) groups is 1. The van der Waals surface area contributed by atoms with Crippen molar-refractivity contribution < 1.29 is 9.53 Å². The summed E-state index contributed by atoms with van der Waals surface area (Å²) >= 11 is 13.3. The van der Waals surface area contributed by atoms with Crippen molar-refractivity contribution in [3.63, 3.8) is 0 Å². The topological polar surface area (TPSA) is 62.1 Å². The van der Waals surface area contributed by atoms with E-state index in [1.807, 2.05) is 6.07 Å². The van der Waals surface area contributed by atoms with Gasteiger partial charge in [0.1, 0.15) is 5.75 Å². The monoisotopic (exact) mass is 366 g/mol. The number of nitriles is 1. The zero-order valence-electron chi connectivity index (χ0n) is 12.1. The van der Waals surface area contributed by atoms with Gasteiger partial charge in [0.15, 0.2) is 0 Å². The SMILES string of the molecule is COc1cc(Cl)c(Cl)cc1NC(=O)c1cccc(SCC#N)c1. The number of hydrogen-bond acceptors (Lipinski definition) is 4. The standard InChI is InChI=1S/C16H12Cl2N2O2S/c1-22-15-9-13(18)12(17)8-14(15)20-16(21)10-3-2-4-11(7-10)23-6-5-19/h2-4,7-9H,6H2,1H3,(H,20,21). The lowest BCUT2D eigenvalue weighted by Crippen LogP contribution is -2.12. The maximum atomic E-state index is 12.4. The van der Waals surface area contributed by atoms with Crippen molar-refractivity contribution >= 4 is 46.6 Å². The average Bonchev–Trinajstić information content (AvgIpc) is 2.56. The van der Waals surface area contributed by atoms with Crippen molar-refractivity contribution in [2.75, 3.05) is 18.2 Å². The molecule has 0 heterocycles. The molecule has 0 atom stereocenters. The Bertz CT molecular complexity index is 775. The van der Waals surface area contributed by atoms with Crippen LogP contribution >= 0.6 is 35.0 Å². The Morgan fingerprint density at radius 2 is 2.04 bits per heavy atom. The summed E-state index contributed by atoms with van der Waals surface area (Å²) in [6.07, 6.45) is 0. The summed E-state index contributed by atoms with van der Waals surface area (Å²) in [6, 6.07) is 12.2. The lowest BCUT2D eigenvalue weighted by atomic mass is 10.2. The predicted octanol–water partition coefficient (Wildman–Crippen LogP) is 4.87. The molecule has 0 aliphatic carbocycles. The highest BCUT2D eigenvalue weighted by molar-refractivity contribution is 7.99. The van der Waals surface area contributed by atoms with Crippen molar-refractivity contribution in [2.24, 2.45) is 0 Å². The third-order valence-corrected chi connectivity index (χ3v) is 4.47. The van der Waals surface area contributed by atoms with Gasteiger partial charge in [-0.3, -0.25) is 4.79 Å². The van der Waals surface area contributed by atoms with Gasteiger partial charge >= 0.3 is 0 Å². The highest BCUT2D eigenvalue weighted by Crippen LogP contribution is 2.34. The Kier molecular flexibility index (Phi) is 6.17. The van der Waals surface area contributed by atoms with Crippen molar-refractivity contribution in [2.45, 2.75) is 4.90 Å². The van der Waals surface area contributed by atoms with E-state index in [4.69, 9.17) is 33.2 Å². The second-order valence-electron chi connectivity index (χ2n) is 4.40. The Hall–Kier alpha value is -1.87. The minimum Gasteiger partial charge on any atom is -0.495 e. The molecule has 0 unspecified atom stereocenters. The molecule has 0 fully saturated rings. The van der Waals surface area contributed by atoms with Crippen LogP contribution in [0.25, 0.3) is 0 Å². The van der Waals surface area contributed by atoms with Gasteiger partial charge in [-0.2, -0.15) is 5.26 Å². The van der Waals surface area contributed by atoms with E-state index in [0.717, 1.165) is 4.90 Å². The van der Waals surface area contributed by atoms with E-state index < -0.39 is 0 Å². The van der Waals surface area contributed by atoms with Crippen molar-refractivity contribution in [1.29, 1.82) is 5.26 Å². The molecular weight excluding hydrogens is 355 g/mol. The van der Waals surface area contributed by atoms with E-state index in [1.54, 1.807) is 24.3 Å². The third-order valence-electron chi connectivity index (χ3n) is 2.89. The maximum Gasteiger partial charge on any atom is 0.255 e. The van der Waals surface area contributed by atoms with Crippen molar-refractivity contribution in [3.8, 4) is 11.8 Å². The highest BCUT2D eigenvalue weighted by Gasteiger charge is 2.13. The predicted molar refractivity (Wildman–Crippen MR) is 93.7 cm³/mol. The first-order valence-electron chi connectivity index (χ1n) is 6.49. The number of methoxy groups -OCH3 is 1. The molecule has 1 amide bonds. The molecule has 0 saturated carbocycles. The molecular formula is C16H12Cl2N2O2S. The summed E-state index contributed by atoms with van der Waals surface area (Å²) in [7, 11) is 1.48. The summed E-state index contributed by atoms with van der Waals surface area (Å²) in [6.45, 7) is 0. The molecule has 0 aliphatic rings. The molecule has 2 rings (SSSR count). The number of amides is 1. The van der Waals surface area contributed by atoms with Gasteiger partial charge in [0.2, 0.25) is 0 Å². The van der Waals surface area contributed by atoms with Gasteiger partial charge in [0, 0.05) is 16.5 Å². The molecule has 0 aliphatic heterocycles. The second-order valence-corrected chi connectivity index (χ2v) is 6.26. The molecule has 0 spiro atoms. The van der Waals surface area contributed by atoms with Crippen LogP contribution in [0, 0.1) is 11.3 Å². The zero-order chi connectivity index (χ0) is 16.8. The molecule has 0 radical (unpaired) electrons. The lowest BCUT2D eigenvalue weighted by Gasteiger charge is -2.12. The van der Waals surface area contributed by atoms with Crippen molar-refractivity contribution in [3.05, 3.63) is 52.0 Å². The number of anilines is 1. The molecule has 0 bridgehead atoms. The number of nitrogens with one attached hydrogen (secondary N) is 1. The number of ether oxygens (including phenoxy) is 1. The van der Waals surface area contributed by atoms with Gasteiger partial charge in [0.25, 0.3) is 5.91 Å². The Balaban J connectivity index is 2.22. The van der Waals surface area contributed by atoms with Gasteiger partial charge in [0.05, 0.1) is 34.7 Å². The first-order valence-corrected chi connectivity index (χ1v) is 8.23. The van der Waals surface area contributed by atoms with Gasteiger partial charge in [-0.05, 0) is 24.3 Å². The van der Waals surface area contributed by atoms with Gasteiger partial charge < -0.3 is 10.1 Å². The second kappa shape index (κ2) is 8.11. The molecule has 1 N–H and O–H groups in total. The summed E-state index contributed by atoms with van der Waals surface area (Å²) in [4.78, 5) is 13.2. The minimum absolute atomic E-state index is 0.305. The van der Waals surface area contributed by atoms with E-state index in [-0.39, 0.29) is 5.91 Å². The smallest absolute Gasteiger partial charge is 0.255 e. The first-order chi connectivity index (χ1) is 11.0. The number of halogens is 2. The number of hydrogen-bond donors (Lipinski definition) is 1. The Labute approximate surface area is 148 Å². The molecule has 2 aromatic rings. The Morgan fingerprint density at radius 1 is 1.30 bits per heavy atom. The Morgan fingerprint density at radius 3 is 2.74 bits per heavy atom. The van der Waals surface area contributed by atoms with Gasteiger partial charge in [-0.15, -0.1) is 11.8 Å². The lowest BCUT2D eigenvalue weighted by molar-refractivity contribution is 0.102. The van der Waals surface area contributed by atoms with E-state index in [2.05, 4.69) is 11.4 Å². The summed E-state index contributed by atoms with van der Waals surface area (Å²) in [5, 5.41) is 12.0. The highest BCUT2D eigenvalue weighted by atomic mass is 35.5. The molecule has 2 aromatic carbocycles. The fourth-order valence-corrected chi connectivity index (χ4v) is 2.77. The minimum atomic E-state index is -0.305. The van der Waals surface area contributed by atoms with E-state index in [0.29, 0.717) is 32.8 Å². The molecule has 0 saturated heterocycles. The third kappa shape index (κ3) is 4.55. The molecule has 7 heteroatoms. The van der Waals surface area contributed by atoms with Crippen LogP contribution in [0.2, 0.25) is 10.0 Å². The number of nitrogens with zero attached hydrogens (tertiary/aromatic N) is 1. The number of benzene rings is 2. The van der Waals surface area contributed by atoms with Crippen molar-refractivity contribution in [1.82, 2.24) is 0 Å². The average molecular weight is 367 g/mol. The van der Waals surface area contributed by atoms with Crippen LogP contribution in [0.4, 0.5) is 5.69 Å².